The number of hydrogen-bond acceptors (Lipinski definition) is 2. The number of anilines is 1. The molecule has 0 aromatic carbocycles. The fraction of sp³-hybridized carbons (Fsp3) is 0.615. The van der Waals surface area contributed by atoms with Gasteiger partial charge in [-0.2, -0.15) is 0 Å². The van der Waals surface area contributed by atoms with Crippen LogP contribution in [0.3, 0.4) is 0 Å². The summed E-state index contributed by atoms with van der Waals surface area (Å²) in [5, 5.41) is 3.62. The number of rotatable bonds is 3. The molecule has 2 unspecified atom stereocenters. The van der Waals surface area contributed by atoms with Gasteiger partial charge in [0.25, 0.3) is 0 Å². The van der Waals surface area contributed by atoms with Crippen LogP contribution in [0.5, 0.6) is 0 Å². The monoisotopic (exact) mass is 282 g/mol. The Labute approximate surface area is 106 Å². The van der Waals surface area contributed by atoms with Gasteiger partial charge < -0.3 is 5.32 Å². The van der Waals surface area contributed by atoms with Gasteiger partial charge in [0.05, 0.1) is 11.4 Å². The summed E-state index contributed by atoms with van der Waals surface area (Å²) in [5.41, 5.74) is 2.26. The van der Waals surface area contributed by atoms with E-state index < -0.39 is 0 Å². The predicted octanol–water partition coefficient (Wildman–Crippen LogP) is 4.14. The van der Waals surface area contributed by atoms with Crippen LogP contribution in [-0.2, 0) is 0 Å². The SMILES string of the molecule is CCC1CCC(Nc2ccc(Br)nc2C)C1. The van der Waals surface area contributed by atoms with Gasteiger partial charge >= 0.3 is 0 Å². The Hall–Kier alpha value is -0.570. The third kappa shape index (κ3) is 2.76. The highest BCUT2D eigenvalue weighted by Crippen LogP contribution is 2.30. The Bertz CT molecular complexity index is 365. The van der Waals surface area contributed by atoms with Crippen molar-refractivity contribution in [3.8, 4) is 0 Å². The maximum absolute atomic E-state index is 4.41. The van der Waals surface area contributed by atoms with E-state index in [4.69, 9.17) is 0 Å². The zero-order valence-corrected chi connectivity index (χ0v) is 11.5. The maximum atomic E-state index is 4.41. The Balaban J connectivity index is 1.99. The lowest BCUT2D eigenvalue weighted by Gasteiger charge is -2.16. The van der Waals surface area contributed by atoms with Crippen LogP contribution in [-0.4, -0.2) is 11.0 Å². The molecule has 0 bridgehead atoms. The van der Waals surface area contributed by atoms with E-state index in [1.165, 1.54) is 31.4 Å². The summed E-state index contributed by atoms with van der Waals surface area (Å²) in [5.74, 6) is 0.918. The summed E-state index contributed by atoms with van der Waals surface area (Å²) in [6.45, 7) is 4.35. The van der Waals surface area contributed by atoms with Crippen LogP contribution >= 0.6 is 15.9 Å². The first-order chi connectivity index (χ1) is 7.69. The molecule has 2 atom stereocenters. The van der Waals surface area contributed by atoms with Crippen LogP contribution in [0.15, 0.2) is 16.7 Å². The Morgan fingerprint density at radius 1 is 1.44 bits per heavy atom. The Morgan fingerprint density at radius 3 is 2.88 bits per heavy atom. The van der Waals surface area contributed by atoms with E-state index in [1.54, 1.807) is 0 Å². The van der Waals surface area contributed by atoms with Crippen LogP contribution in [0.1, 0.15) is 38.3 Å². The molecule has 1 heterocycles. The fourth-order valence-corrected chi connectivity index (χ4v) is 2.88. The molecule has 2 rings (SSSR count). The van der Waals surface area contributed by atoms with Crippen molar-refractivity contribution in [2.45, 2.75) is 45.6 Å². The molecule has 1 aromatic heterocycles. The highest BCUT2D eigenvalue weighted by Gasteiger charge is 2.23. The first kappa shape index (κ1) is 11.9. The van der Waals surface area contributed by atoms with Crippen molar-refractivity contribution in [1.29, 1.82) is 0 Å². The van der Waals surface area contributed by atoms with Crippen molar-refractivity contribution in [2.24, 2.45) is 5.92 Å². The lowest BCUT2D eigenvalue weighted by Crippen LogP contribution is -2.16. The van der Waals surface area contributed by atoms with Gasteiger partial charge in [-0.1, -0.05) is 13.3 Å². The molecular formula is C13H19BrN2. The molecule has 0 radical (unpaired) electrons. The topological polar surface area (TPSA) is 24.9 Å². The lowest BCUT2D eigenvalue weighted by atomic mass is 10.1. The van der Waals surface area contributed by atoms with Gasteiger partial charge in [-0.05, 0) is 60.2 Å². The smallest absolute Gasteiger partial charge is 0.106 e. The highest BCUT2D eigenvalue weighted by molar-refractivity contribution is 9.10. The van der Waals surface area contributed by atoms with Crippen molar-refractivity contribution in [3.63, 3.8) is 0 Å². The van der Waals surface area contributed by atoms with Gasteiger partial charge in [0.2, 0.25) is 0 Å². The minimum Gasteiger partial charge on any atom is -0.381 e. The number of nitrogens with zero attached hydrogens (tertiary/aromatic N) is 1. The fourth-order valence-electron chi connectivity index (χ4n) is 2.48. The van der Waals surface area contributed by atoms with Crippen LogP contribution < -0.4 is 5.32 Å². The molecule has 0 amide bonds. The van der Waals surface area contributed by atoms with Crippen molar-refractivity contribution < 1.29 is 0 Å². The van der Waals surface area contributed by atoms with E-state index in [-0.39, 0.29) is 0 Å². The second-order valence-electron chi connectivity index (χ2n) is 4.70. The molecule has 2 nitrogen and oxygen atoms in total. The summed E-state index contributed by atoms with van der Waals surface area (Å²) >= 11 is 3.39. The quantitative estimate of drug-likeness (QED) is 0.843. The second-order valence-corrected chi connectivity index (χ2v) is 5.51. The number of aryl methyl sites for hydroxylation is 1. The van der Waals surface area contributed by atoms with Gasteiger partial charge in [-0.3, -0.25) is 0 Å². The molecule has 1 saturated carbocycles. The molecule has 16 heavy (non-hydrogen) atoms. The molecule has 1 aliphatic carbocycles. The highest BCUT2D eigenvalue weighted by atomic mass is 79.9. The lowest BCUT2D eigenvalue weighted by molar-refractivity contribution is 0.525. The summed E-state index contributed by atoms with van der Waals surface area (Å²) < 4.78 is 0.911. The van der Waals surface area contributed by atoms with Gasteiger partial charge in [0.15, 0.2) is 0 Å². The van der Waals surface area contributed by atoms with Crippen molar-refractivity contribution in [1.82, 2.24) is 4.98 Å². The number of hydrogen-bond donors (Lipinski definition) is 1. The molecule has 1 N–H and O–H groups in total. The van der Waals surface area contributed by atoms with Gasteiger partial charge in [-0.15, -0.1) is 0 Å². The number of nitrogens with one attached hydrogen (secondary N) is 1. The van der Waals surface area contributed by atoms with Crippen molar-refractivity contribution >= 4 is 21.6 Å². The van der Waals surface area contributed by atoms with Crippen LogP contribution in [0, 0.1) is 12.8 Å². The summed E-state index contributed by atoms with van der Waals surface area (Å²) in [6.07, 6.45) is 5.30. The Kier molecular flexibility index (Phi) is 3.85. The third-order valence-electron chi connectivity index (χ3n) is 3.53. The second kappa shape index (κ2) is 5.17. The van der Waals surface area contributed by atoms with Gasteiger partial charge in [0.1, 0.15) is 4.60 Å². The predicted molar refractivity (Wildman–Crippen MR) is 71.7 cm³/mol. The minimum absolute atomic E-state index is 0.645. The third-order valence-corrected chi connectivity index (χ3v) is 3.97. The average molecular weight is 283 g/mol. The van der Waals surface area contributed by atoms with Crippen LogP contribution in [0.4, 0.5) is 5.69 Å². The van der Waals surface area contributed by atoms with E-state index in [9.17, 15) is 0 Å². The van der Waals surface area contributed by atoms with E-state index in [1.807, 2.05) is 6.07 Å². The summed E-state index contributed by atoms with van der Waals surface area (Å²) in [4.78, 5) is 4.41. The molecule has 88 valence electrons. The van der Waals surface area contributed by atoms with Crippen LogP contribution in [0.2, 0.25) is 0 Å². The first-order valence-corrected chi connectivity index (χ1v) is 6.88. The van der Waals surface area contributed by atoms with E-state index in [0.717, 1.165) is 16.2 Å². The number of aromatic nitrogens is 1. The maximum Gasteiger partial charge on any atom is 0.106 e. The number of halogens is 1. The van der Waals surface area contributed by atoms with E-state index in [2.05, 4.69) is 46.1 Å². The zero-order valence-electron chi connectivity index (χ0n) is 9.96. The van der Waals surface area contributed by atoms with Gasteiger partial charge in [-0.25, -0.2) is 4.98 Å². The first-order valence-electron chi connectivity index (χ1n) is 6.08. The van der Waals surface area contributed by atoms with E-state index in [0.29, 0.717) is 6.04 Å². The molecule has 0 aliphatic heterocycles. The standard InChI is InChI=1S/C13H19BrN2/c1-3-10-4-5-11(8-10)16-12-6-7-13(14)15-9(12)2/h6-7,10-11,16H,3-5,8H2,1-2H3. The van der Waals surface area contributed by atoms with E-state index >= 15 is 0 Å². The molecule has 1 fully saturated rings. The molecule has 1 aromatic rings. The van der Waals surface area contributed by atoms with Crippen LogP contribution in [0.25, 0.3) is 0 Å². The Morgan fingerprint density at radius 2 is 2.25 bits per heavy atom. The molecule has 0 spiro atoms. The zero-order chi connectivity index (χ0) is 11.5. The molecule has 3 heteroatoms. The number of pyridine rings is 1. The molecule has 1 aliphatic rings. The van der Waals surface area contributed by atoms with Crippen molar-refractivity contribution in [3.05, 3.63) is 22.4 Å². The van der Waals surface area contributed by atoms with Crippen molar-refractivity contribution in [2.75, 3.05) is 5.32 Å². The average Bonchev–Trinajstić information content (AvgIpc) is 2.70. The molecular weight excluding hydrogens is 264 g/mol. The molecule has 0 saturated heterocycles. The minimum atomic E-state index is 0.645. The largest absolute Gasteiger partial charge is 0.381 e. The summed E-state index contributed by atoms with van der Waals surface area (Å²) in [6, 6.07) is 4.76. The normalized spacial score (nSPS) is 24.7. The van der Waals surface area contributed by atoms with Gasteiger partial charge in [0, 0.05) is 6.04 Å². The summed E-state index contributed by atoms with van der Waals surface area (Å²) in [7, 11) is 0.